The summed E-state index contributed by atoms with van der Waals surface area (Å²) in [4.78, 5) is 12.5. The van der Waals surface area contributed by atoms with Gasteiger partial charge < -0.3 is 5.32 Å². The van der Waals surface area contributed by atoms with Gasteiger partial charge in [0.25, 0.3) is 0 Å². The molecular weight excluding hydrogens is 353 g/mol. The number of amides is 1. The fourth-order valence-corrected chi connectivity index (χ4v) is 2.68. The number of rotatable bonds is 4. The van der Waals surface area contributed by atoms with Crippen molar-refractivity contribution in [3.05, 3.63) is 106 Å². The van der Waals surface area contributed by atoms with Crippen molar-refractivity contribution in [2.75, 3.05) is 5.32 Å². The maximum absolute atomic E-state index is 12.5. The predicted molar refractivity (Wildman–Crippen MR) is 105 cm³/mol. The van der Waals surface area contributed by atoms with Crippen LogP contribution >= 0.6 is 23.2 Å². The summed E-state index contributed by atoms with van der Waals surface area (Å²) >= 11 is 12.0. The van der Waals surface area contributed by atoms with Crippen molar-refractivity contribution in [3.63, 3.8) is 0 Å². The molecule has 0 spiro atoms. The summed E-state index contributed by atoms with van der Waals surface area (Å²) in [5.74, 6) is -0.203. The van der Waals surface area contributed by atoms with Crippen LogP contribution in [-0.2, 0) is 4.79 Å². The Bertz CT molecular complexity index is 838. The molecule has 0 fully saturated rings. The van der Waals surface area contributed by atoms with Gasteiger partial charge in [-0.2, -0.15) is 0 Å². The van der Waals surface area contributed by atoms with Gasteiger partial charge in [-0.25, -0.2) is 0 Å². The van der Waals surface area contributed by atoms with Gasteiger partial charge in [-0.05, 0) is 53.1 Å². The van der Waals surface area contributed by atoms with Crippen molar-refractivity contribution in [1.82, 2.24) is 0 Å². The van der Waals surface area contributed by atoms with E-state index in [1.807, 2.05) is 54.6 Å². The first kappa shape index (κ1) is 17.3. The first-order valence-corrected chi connectivity index (χ1v) is 8.47. The van der Waals surface area contributed by atoms with Crippen LogP contribution in [0.15, 0.2) is 84.9 Å². The Morgan fingerprint density at radius 1 is 0.720 bits per heavy atom. The molecule has 1 amide bonds. The number of benzene rings is 3. The van der Waals surface area contributed by atoms with Crippen molar-refractivity contribution < 1.29 is 4.79 Å². The fraction of sp³-hybridized carbons (Fsp3) is 0. The Morgan fingerprint density at radius 3 is 1.68 bits per heavy atom. The van der Waals surface area contributed by atoms with E-state index >= 15 is 0 Å². The van der Waals surface area contributed by atoms with Crippen LogP contribution in [0.25, 0.3) is 5.57 Å². The summed E-state index contributed by atoms with van der Waals surface area (Å²) in [6, 6.07) is 24.1. The molecule has 0 aliphatic carbocycles. The molecule has 0 unspecified atom stereocenters. The minimum atomic E-state index is -0.203. The van der Waals surface area contributed by atoms with Crippen molar-refractivity contribution in [1.29, 1.82) is 0 Å². The molecule has 0 atom stereocenters. The van der Waals surface area contributed by atoms with Crippen molar-refractivity contribution >= 4 is 40.4 Å². The summed E-state index contributed by atoms with van der Waals surface area (Å²) in [5.41, 5.74) is 3.34. The molecule has 0 aliphatic rings. The SMILES string of the molecule is O=C(C=C(c1ccc(Cl)cc1)c1ccc(Cl)cc1)Nc1ccccc1. The topological polar surface area (TPSA) is 29.1 Å². The van der Waals surface area contributed by atoms with E-state index in [9.17, 15) is 4.79 Å². The molecule has 0 radical (unpaired) electrons. The summed E-state index contributed by atoms with van der Waals surface area (Å²) in [5, 5.41) is 4.16. The summed E-state index contributed by atoms with van der Waals surface area (Å²) in [6.07, 6.45) is 1.58. The number of halogens is 2. The lowest BCUT2D eigenvalue weighted by atomic mass is 9.97. The van der Waals surface area contributed by atoms with E-state index < -0.39 is 0 Å². The van der Waals surface area contributed by atoms with Crippen LogP contribution in [0.4, 0.5) is 5.69 Å². The van der Waals surface area contributed by atoms with Gasteiger partial charge in [0.1, 0.15) is 0 Å². The Morgan fingerprint density at radius 2 is 1.20 bits per heavy atom. The van der Waals surface area contributed by atoms with Gasteiger partial charge in [0.05, 0.1) is 0 Å². The molecule has 2 nitrogen and oxygen atoms in total. The third-order valence-electron chi connectivity index (χ3n) is 3.63. The second-order valence-electron chi connectivity index (χ2n) is 5.43. The highest BCUT2D eigenvalue weighted by Crippen LogP contribution is 2.26. The smallest absolute Gasteiger partial charge is 0.249 e. The first-order valence-electron chi connectivity index (χ1n) is 7.71. The van der Waals surface area contributed by atoms with Crippen LogP contribution in [0.3, 0.4) is 0 Å². The Hall–Kier alpha value is -2.55. The molecule has 0 heterocycles. The largest absolute Gasteiger partial charge is 0.322 e. The van der Waals surface area contributed by atoms with Crippen LogP contribution in [0.5, 0.6) is 0 Å². The normalized spacial score (nSPS) is 10.2. The zero-order valence-electron chi connectivity index (χ0n) is 13.2. The lowest BCUT2D eigenvalue weighted by Gasteiger charge is -2.10. The highest BCUT2D eigenvalue weighted by molar-refractivity contribution is 6.31. The van der Waals surface area contributed by atoms with Crippen molar-refractivity contribution in [2.24, 2.45) is 0 Å². The molecular formula is C21H15Cl2NO. The summed E-state index contributed by atoms with van der Waals surface area (Å²) < 4.78 is 0. The van der Waals surface area contributed by atoms with Gasteiger partial charge >= 0.3 is 0 Å². The van der Waals surface area contributed by atoms with E-state index in [4.69, 9.17) is 23.2 Å². The first-order chi connectivity index (χ1) is 12.1. The summed E-state index contributed by atoms with van der Waals surface area (Å²) in [6.45, 7) is 0. The second-order valence-corrected chi connectivity index (χ2v) is 6.30. The van der Waals surface area contributed by atoms with Gasteiger partial charge in [0, 0.05) is 21.8 Å². The number of anilines is 1. The molecule has 3 aromatic carbocycles. The van der Waals surface area contributed by atoms with Crippen LogP contribution < -0.4 is 5.32 Å². The van der Waals surface area contributed by atoms with Gasteiger partial charge in [0.15, 0.2) is 0 Å². The molecule has 0 aliphatic heterocycles. The average molecular weight is 368 g/mol. The number of carbonyl (C=O) groups excluding carboxylic acids is 1. The molecule has 25 heavy (non-hydrogen) atoms. The van der Waals surface area contributed by atoms with Crippen LogP contribution in [-0.4, -0.2) is 5.91 Å². The standard InChI is InChI=1S/C21H15Cl2NO/c22-17-10-6-15(7-11-17)20(16-8-12-18(23)13-9-16)14-21(25)24-19-4-2-1-3-5-19/h1-14H,(H,24,25). The van der Waals surface area contributed by atoms with E-state index in [0.29, 0.717) is 10.0 Å². The third kappa shape index (κ3) is 4.72. The molecule has 0 bridgehead atoms. The average Bonchev–Trinajstić information content (AvgIpc) is 2.62. The number of para-hydroxylation sites is 1. The lowest BCUT2D eigenvalue weighted by molar-refractivity contribution is -0.111. The molecule has 0 saturated heterocycles. The molecule has 3 aromatic rings. The quantitative estimate of drug-likeness (QED) is 0.557. The number of hydrogen-bond donors (Lipinski definition) is 1. The predicted octanol–water partition coefficient (Wildman–Crippen LogP) is 6.06. The van der Waals surface area contributed by atoms with Crippen LogP contribution in [0, 0.1) is 0 Å². The maximum atomic E-state index is 12.5. The highest BCUT2D eigenvalue weighted by atomic mass is 35.5. The minimum absolute atomic E-state index is 0.203. The minimum Gasteiger partial charge on any atom is -0.322 e. The van der Waals surface area contributed by atoms with E-state index in [-0.39, 0.29) is 5.91 Å². The zero-order valence-corrected chi connectivity index (χ0v) is 14.8. The molecule has 0 saturated carbocycles. The second kappa shape index (κ2) is 8.02. The maximum Gasteiger partial charge on any atom is 0.249 e. The lowest BCUT2D eigenvalue weighted by Crippen LogP contribution is -2.09. The number of carbonyl (C=O) groups is 1. The van der Waals surface area contributed by atoms with Crippen LogP contribution in [0.2, 0.25) is 10.0 Å². The van der Waals surface area contributed by atoms with Gasteiger partial charge in [-0.15, -0.1) is 0 Å². The van der Waals surface area contributed by atoms with E-state index in [0.717, 1.165) is 22.4 Å². The Balaban J connectivity index is 1.96. The van der Waals surface area contributed by atoms with Crippen molar-refractivity contribution in [3.8, 4) is 0 Å². The van der Waals surface area contributed by atoms with Gasteiger partial charge in [-0.3, -0.25) is 4.79 Å². The third-order valence-corrected chi connectivity index (χ3v) is 4.13. The molecule has 0 aromatic heterocycles. The fourth-order valence-electron chi connectivity index (χ4n) is 2.42. The van der Waals surface area contributed by atoms with E-state index in [2.05, 4.69) is 5.32 Å². The monoisotopic (exact) mass is 367 g/mol. The molecule has 4 heteroatoms. The van der Waals surface area contributed by atoms with E-state index in [1.165, 1.54) is 0 Å². The van der Waals surface area contributed by atoms with Crippen molar-refractivity contribution in [2.45, 2.75) is 0 Å². The highest BCUT2D eigenvalue weighted by Gasteiger charge is 2.09. The van der Waals surface area contributed by atoms with E-state index in [1.54, 1.807) is 30.3 Å². The Labute approximate surface area is 156 Å². The van der Waals surface area contributed by atoms with Gasteiger partial charge in [0.2, 0.25) is 5.91 Å². The number of nitrogens with one attached hydrogen (secondary N) is 1. The summed E-state index contributed by atoms with van der Waals surface area (Å²) in [7, 11) is 0. The molecule has 3 rings (SSSR count). The van der Waals surface area contributed by atoms with Crippen LogP contribution in [0.1, 0.15) is 11.1 Å². The number of hydrogen-bond acceptors (Lipinski definition) is 1. The van der Waals surface area contributed by atoms with Gasteiger partial charge in [-0.1, -0.05) is 65.7 Å². The Kier molecular flexibility index (Phi) is 5.54. The molecule has 124 valence electrons. The zero-order chi connectivity index (χ0) is 17.6. The molecule has 1 N–H and O–H groups in total.